The Morgan fingerprint density at radius 1 is 1.14 bits per heavy atom. The van der Waals surface area contributed by atoms with E-state index in [-0.39, 0.29) is 0 Å². The molecule has 0 saturated heterocycles. The summed E-state index contributed by atoms with van der Waals surface area (Å²) in [6, 6.07) is 10.1. The molecule has 3 rings (SSSR count). The molecule has 1 atom stereocenters. The highest BCUT2D eigenvalue weighted by atomic mass is 32.1. The number of aliphatic hydroxyl groups excluding tert-OH is 1. The Balaban J connectivity index is 1.77. The molecular formula is C16H16N2OS2. The maximum absolute atomic E-state index is 10.4. The molecule has 21 heavy (non-hydrogen) atoms. The van der Waals surface area contributed by atoms with E-state index in [1.165, 1.54) is 0 Å². The smallest absolute Gasteiger partial charge is 0.0964 e. The second-order valence-corrected chi connectivity index (χ2v) is 7.07. The highest BCUT2D eigenvalue weighted by Gasteiger charge is 2.17. The molecule has 0 aliphatic heterocycles. The monoisotopic (exact) mass is 316 g/mol. The summed E-state index contributed by atoms with van der Waals surface area (Å²) >= 11 is 3.15. The minimum absolute atomic E-state index is 0.522. The Labute approximate surface area is 132 Å². The molecule has 0 bridgehead atoms. The first-order valence-electron chi connectivity index (χ1n) is 6.75. The molecule has 3 nitrogen and oxygen atoms in total. The van der Waals surface area contributed by atoms with E-state index in [1.807, 2.05) is 49.6 Å². The van der Waals surface area contributed by atoms with E-state index < -0.39 is 6.10 Å². The molecule has 5 heteroatoms. The molecule has 1 N–H and O–H groups in total. The normalized spacial score (nSPS) is 12.5. The number of aliphatic hydroxyl groups is 1. The van der Waals surface area contributed by atoms with Gasteiger partial charge < -0.3 is 5.11 Å². The van der Waals surface area contributed by atoms with Crippen molar-refractivity contribution in [2.75, 3.05) is 0 Å². The number of aryl methyl sites for hydroxylation is 2. The van der Waals surface area contributed by atoms with Crippen LogP contribution >= 0.6 is 22.7 Å². The van der Waals surface area contributed by atoms with Crippen LogP contribution < -0.4 is 0 Å². The SMILES string of the molecule is Cc1nc(C)c(C(O)Cc2nc(-c3ccccc3)cs2)s1. The van der Waals surface area contributed by atoms with Gasteiger partial charge >= 0.3 is 0 Å². The fraction of sp³-hybridized carbons (Fsp3) is 0.250. The predicted molar refractivity (Wildman–Crippen MR) is 87.8 cm³/mol. The Kier molecular flexibility index (Phi) is 4.14. The highest BCUT2D eigenvalue weighted by molar-refractivity contribution is 7.11. The quantitative estimate of drug-likeness (QED) is 0.786. The third kappa shape index (κ3) is 3.20. The average molecular weight is 316 g/mol. The minimum Gasteiger partial charge on any atom is -0.387 e. The van der Waals surface area contributed by atoms with Gasteiger partial charge in [-0.25, -0.2) is 9.97 Å². The van der Waals surface area contributed by atoms with Gasteiger partial charge in [-0.3, -0.25) is 0 Å². The highest BCUT2D eigenvalue weighted by Crippen LogP contribution is 2.29. The van der Waals surface area contributed by atoms with Gasteiger partial charge in [-0.1, -0.05) is 30.3 Å². The number of hydrogen-bond donors (Lipinski definition) is 1. The molecule has 1 aromatic carbocycles. The topological polar surface area (TPSA) is 46.0 Å². The molecule has 0 aliphatic carbocycles. The number of nitrogens with zero attached hydrogens (tertiary/aromatic N) is 2. The lowest BCUT2D eigenvalue weighted by molar-refractivity contribution is 0.181. The van der Waals surface area contributed by atoms with E-state index in [0.717, 1.165) is 31.8 Å². The number of benzene rings is 1. The zero-order valence-electron chi connectivity index (χ0n) is 11.9. The summed E-state index contributed by atoms with van der Waals surface area (Å²) in [6.07, 6.45) is 0.0194. The van der Waals surface area contributed by atoms with E-state index in [4.69, 9.17) is 0 Å². The van der Waals surface area contributed by atoms with Gasteiger partial charge in [0.15, 0.2) is 0 Å². The Morgan fingerprint density at radius 2 is 1.90 bits per heavy atom. The first-order valence-corrected chi connectivity index (χ1v) is 8.45. The van der Waals surface area contributed by atoms with Crippen LogP contribution in [0.4, 0.5) is 0 Å². The molecule has 0 saturated carbocycles. The number of rotatable bonds is 4. The van der Waals surface area contributed by atoms with Gasteiger partial charge in [0.1, 0.15) is 0 Å². The second kappa shape index (κ2) is 6.05. The van der Waals surface area contributed by atoms with Crippen LogP contribution in [-0.4, -0.2) is 15.1 Å². The molecule has 0 radical (unpaired) electrons. The predicted octanol–water partition coefficient (Wildman–Crippen LogP) is 4.16. The van der Waals surface area contributed by atoms with Crippen molar-refractivity contribution < 1.29 is 5.11 Å². The summed E-state index contributed by atoms with van der Waals surface area (Å²) in [5, 5.41) is 14.4. The van der Waals surface area contributed by atoms with E-state index >= 15 is 0 Å². The molecule has 0 spiro atoms. The van der Waals surface area contributed by atoms with Crippen molar-refractivity contribution >= 4 is 22.7 Å². The van der Waals surface area contributed by atoms with Gasteiger partial charge in [-0.15, -0.1) is 22.7 Å². The van der Waals surface area contributed by atoms with Crippen LogP contribution in [0, 0.1) is 13.8 Å². The van der Waals surface area contributed by atoms with Crippen LogP contribution in [0.2, 0.25) is 0 Å². The zero-order valence-corrected chi connectivity index (χ0v) is 13.5. The van der Waals surface area contributed by atoms with Crippen molar-refractivity contribution in [3.05, 3.63) is 56.3 Å². The maximum atomic E-state index is 10.4. The van der Waals surface area contributed by atoms with E-state index in [1.54, 1.807) is 22.7 Å². The first kappa shape index (κ1) is 14.4. The standard InChI is InChI=1S/C16H16N2OS2/c1-10-16(21-11(2)17-10)14(19)8-15-18-13(9-20-15)12-6-4-3-5-7-12/h3-7,9,14,19H,8H2,1-2H3. The number of hydrogen-bond acceptors (Lipinski definition) is 5. The van der Waals surface area contributed by atoms with E-state index in [0.29, 0.717) is 6.42 Å². The summed E-state index contributed by atoms with van der Waals surface area (Å²) in [6.45, 7) is 3.91. The Hall–Kier alpha value is -1.56. The molecule has 0 amide bonds. The molecule has 2 aromatic heterocycles. The number of aromatic nitrogens is 2. The molecule has 0 aliphatic rings. The van der Waals surface area contributed by atoms with Crippen molar-refractivity contribution in [2.45, 2.75) is 26.4 Å². The van der Waals surface area contributed by atoms with Crippen molar-refractivity contribution in [3.8, 4) is 11.3 Å². The molecular weight excluding hydrogens is 300 g/mol. The third-order valence-corrected chi connectivity index (χ3v) is 5.28. The Bertz CT molecular complexity index is 734. The van der Waals surface area contributed by atoms with Crippen LogP contribution in [-0.2, 0) is 6.42 Å². The summed E-state index contributed by atoms with van der Waals surface area (Å²) in [5.41, 5.74) is 3.00. The maximum Gasteiger partial charge on any atom is 0.0964 e. The lowest BCUT2D eigenvalue weighted by Gasteiger charge is -2.06. The van der Waals surface area contributed by atoms with Gasteiger partial charge in [0, 0.05) is 17.4 Å². The molecule has 2 heterocycles. The van der Waals surface area contributed by atoms with Gasteiger partial charge in [0.2, 0.25) is 0 Å². The minimum atomic E-state index is -0.522. The molecule has 1 unspecified atom stereocenters. The van der Waals surface area contributed by atoms with Crippen molar-refractivity contribution in [3.63, 3.8) is 0 Å². The van der Waals surface area contributed by atoms with E-state index in [9.17, 15) is 5.11 Å². The van der Waals surface area contributed by atoms with Crippen LogP contribution in [0.25, 0.3) is 11.3 Å². The van der Waals surface area contributed by atoms with Gasteiger partial charge in [-0.2, -0.15) is 0 Å². The van der Waals surface area contributed by atoms with Crippen molar-refractivity contribution in [1.82, 2.24) is 9.97 Å². The molecule has 3 aromatic rings. The number of thiazole rings is 2. The summed E-state index contributed by atoms with van der Waals surface area (Å²) in [4.78, 5) is 9.94. The summed E-state index contributed by atoms with van der Waals surface area (Å²) < 4.78 is 0. The molecule has 0 fully saturated rings. The molecule has 108 valence electrons. The average Bonchev–Trinajstić information content (AvgIpc) is 3.06. The van der Waals surface area contributed by atoms with Crippen molar-refractivity contribution in [1.29, 1.82) is 0 Å². The van der Waals surface area contributed by atoms with Gasteiger partial charge in [0.05, 0.1) is 32.4 Å². The van der Waals surface area contributed by atoms with Crippen LogP contribution in [0.1, 0.15) is 26.7 Å². The Morgan fingerprint density at radius 3 is 2.57 bits per heavy atom. The lowest BCUT2D eigenvalue weighted by Crippen LogP contribution is -2.01. The fourth-order valence-electron chi connectivity index (χ4n) is 2.26. The van der Waals surface area contributed by atoms with Gasteiger partial charge in [0.25, 0.3) is 0 Å². The first-order chi connectivity index (χ1) is 10.1. The largest absolute Gasteiger partial charge is 0.387 e. The van der Waals surface area contributed by atoms with Crippen LogP contribution in [0.5, 0.6) is 0 Å². The van der Waals surface area contributed by atoms with Crippen LogP contribution in [0.15, 0.2) is 35.7 Å². The summed E-state index contributed by atoms with van der Waals surface area (Å²) in [7, 11) is 0. The second-order valence-electron chi connectivity index (χ2n) is 4.89. The summed E-state index contributed by atoms with van der Waals surface area (Å²) in [5.74, 6) is 0. The van der Waals surface area contributed by atoms with E-state index in [2.05, 4.69) is 9.97 Å². The zero-order chi connectivity index (χ0) is 14.8. The van der Waals surface area contributed by atoms with Crippen molar-refractivity contribution in [2.24, 2.45) is 0 Å². The lowest BCUT2D eigenvalue weighted by atomic mass is 10.2. The third-order valence-electron chi connectivity index (χ3n) is 3.23. The van der Waals surface area contributed by atoms with Gasteiger partial charge in [-0.05, 0) is 13.8 Å². The fourth-order valence-corrected chi connectivity index (χ4v) is 4.02. The van der Waals surface area contributed by atoms with Crippen LogP contribution in [0.3, 0.4) is 0 Å².